The quantitative estimate of drug-likeness (QED) is 0.856. The molecule has 0 fully saturated rings. The molecule has 1 atom stereocenters. The molecule has 1 unspecified atom stereocenters. The summed E-state index contributed by atoms with van der Waals surface area (Å²) in [6.07, 6.45) is 2.41. The maximum atomic E-state index is 9.45. The molecule has 0 aliphatic heterocycles. The van der Waals surface area contributed by atoms with Gasteiger partial charge in [0.05, 0.1) is 6.10 Å². The molecule has 0 radical (unpaired) electrons. The summed E-state index contributed by atoms with van der Waals surface area (Å²) in [4.78, 5) is 0. The molecule has 0 spiro atoms. The summed E-state index contributed by atoms with van der Waals surface area (Å²) < 4.78 is 5.82. The minimum atomic E-state index is 0.231. The van der Waals surface area contributed by atoms with Crippen LogP contribution in [0.1, 0.15) is 26.7 Å². The van der Waals surface area contributed by atoms with E-state index in [2.05, 4.69) is 13.8 Å². The second-order valence-electron chi connectivity index (χ2n) is 4.41. The topological polar surface area (TPSA) is 29.5 Å². The molecule has 0 amide bonds. The zero-order valence-electron chi connectivity index (χ0n) is 10.3. The average Bonchev–Trinajstić information content (AvgIpc) is 2.28. The molecule has 0 saturated heterocycles. The summed E-state index contributed by atoms with van der Waals surface area (Å²) in [5, 5.41) is 11.6. The zero-order chi connectivity index (χ0) is 12.3. The monoisotopic (exact) mass is 230 g/mol. The van der Waals surface area contributed by atoms with Crippen molar-refractivity contribution in [3.63, 3.8) is 0 Å². The SMILES string of the molecule is CCCC(C)Oc1ccc2ccc(O)cc2c1. The van der Waals surface area contributed by atoms with Crippen LogP contribution in [0.2, 0.25) is 0 Å². The van der Waals surface area contributed by atoms with Gasteiger partial charge in [-0.25, -0.2) is 0 Å². The maximum absolute atomic E-state index is 9.45. The van der Waals surface area contributed by atoms with E-state index in [-0.39, 0.29) is 11.9 Å². The van der Waals surface area contributed by atoms with Gasteiger partial charge in [-0.1, -0.05) is 25.5 Å². The smallest absolute Gasteiger partial charge is 0.120 e. The van der Waals surface area contributed by atoms with Crippen molar-refractivity contribution in [3.8, 4) is 11.5 Å². The Morgan fingerprint density at radius 2 is 1.88 bits per heavy atom. The first-order valence-electron chi connectivity index (χ1n) is 6.08. The Labute approximate surface area is 102 Å². The molecule has 0 heterocycles. The molecule has 2 aromatic carbocycles. The first-order valence-corrected chi connectivity index (χ1v) is 6.08. The van der Waals surface area contributed by atoms with E-state index < -0.39 is 0 Å². The molecular weight excluding hydrogens is 212 g/mol. The largest absolute Gasteiger partial charge is 0.508 e. The first-order chi connectivity index (χ1) is 8.19. The molecule has 0 bridgehead atoms. The molecule has 2 aromatic rings. The number of rotatable bonds is 4. The Kier molecular flexibility index (Phi) is 3.52. The highest BCUT2D eigenvalue weighted by Gasteiger charge is 2.03. The van der Waals surface area contributed by atoms with Crippen molar-refractivity contribution in [2.75, 3.05) is 0 Å². The van der Waals surface area contributed by atoms with Crippen LogP contribution in [0.4, 0.5) is 0 Å². The molecule has 2 heteroatoms. The zero-order valence-corrected chi connectivity index (χ0v) is 10.3. The first kappa shape index (κ1) is 11.8. The van der Waals surface area contributed by atoms with E-state index in [9.17, 15) is 5.11 Å². The van der Waals surface area contributed by atoms with Crippen molar-refractivity contribution in [2.45, 2.75) is 32.8 Å². The molecule has 17 heavy (non-hydrogen) atoms. The highest BCUT2D eigenvalue weighted by molar-refractivity contribution is 5.85. The van der Waals surface area contributed by atoms with Crippen LogP contribution in [0.5, 0.6) is 11.5 Å². The van der Waals surface area contributed by atoms with Crippen LogP contribution in [0, 0.1) is 0 Å². The molecule has 2 rings (SSSR count). The minimum absolute atomic E-state index is 0.231. The van der Waals surface area contributed by atoms with Gasteiger partial charge in [0, 0.05) is 0 Å². The second-order valence-corrected chi connectivity index (χ2v) is 4.41. The van der Waals surface area contributed by atoms with Gasteiger partial charge in [-0.05, 0) is 48.4 Å². The maximum Gasteiger partial charge on any atom is 0.120 e. The number of benzene rings is 2. The van der Waals surface area contributed by atoms with Crippen molar-refractivity contribution >= 4 is 10.8 Å². The van der Waals surface area contributed by atoms with Crippen molar-refractivity contribution in [3.05, 3.63) is 36.4 Å². The van der Waals surface area contributed by atoms with E-state index in [1.165, 1.54) is 0 Å². The fraction of sp³-hybridized carbons (Fsp3) is 0.333. The van der Waals surface area contributed by atoms with Crippen LogP contribution in [-0.4, -0.2) is 11.2 Å². The van der Waals surface area contributed by atoms with Gasteiger partial charge in [-0.15, -0.1) is 0 Å². The standard InChI is InChI=1S/C15H18O2/c1-3-4-11(2)17-15-8-6-12-5-7-14(16)9-13(12)10-15/h5-11,16H,3-4H2,1-2H3. The van der Waals surface area contributed by atoms with Gasteiger partial charge in [-0.3, -0.25) is 0 Å². The lowest BCUT2D eigenvalue weighted by Crippen LogP contribution is -2.10. The van der Waals surface area contributed by atoms with E-state index in [0.29, 0.717) is 0 Å². The number of ether oxygens (including phenoxy) is 1. The Morgan fingerprint density at radius 3 is 2.65 bits per heavy atom. The van der Waals surface area contributed by atoms with Crippen LogP contribution in [-0.2, 0) is 0 Å². The van der Waals surface area contributed by atoms with Crippen LogP contribution in [0.3, 0.4) is 0 Å². The molecule has 0 aliphatic carbocycles. The van der Waals surface area contributed by atoms with E-state index in [4.69, 9.17) is 4.74 Å². The Hall–Kier alpha value is -1.70. The molecule has 2 nitrogen and oxygen atoms in total. The van der Waals surface area contributed by atoms with Crippen molar-refractivity contribution in [2.24, 2.45) is 0 Å². The number of hydrogen-bond acceptors (Lipinski definition) is 2. The summed E-state index contributed by atoms with van der Waals surface area (Å²) in [5.41, 5.74) is 0. The number of phenols is 1. The lowest BCUT2D eigenvalue weighted by Gasteiger charge is -2.14. The number of phenolic OH excluding ortho intramolecular Hbond substituents is 1. The van der Waals surface area contributed by atoms with Crippen molar-refractivity contribution in [1.82, 2.24) is 0 Å². The molecule has 1 N–H and O–H groups in total. The van der Waals surface area contributed by atoms with E-state index in [0.717, 1.165) is 29.4 Å². The average molecular weight is 230 g/mol. The normalized spacial score (nSPS) is 12.6. The van der Waals surface area contributed by atoms with Gasteiger partial charge < -0.3 is 9.84 Å². The summed E-state index contributed by atoms with van der Waals surface area (Å²) >= 11 is 0. The van der Waals surface area contributed by atoms with Gasteiger partial charge in [0.15, 0.2) is 0 Å². The Bertz CT molecular complexity index is 505. The molecule has 0 saturated carbocycles. The fourth-order valence-electron chi connectivity index (χ4n) is 1.98. The lowest BCUT2D eigenvalue weighted by atomic mass is 10.1. The highest BCUT2D eigenvalue weighted by atomic mass is 16.5. The lowest BCUT2D eigenvalue weighted by molar-refractivity contribution is 0.210. The third-order valence-electron chi connectivity index (χ3n) is 2.83. The van der Waals surface area contributed by atoms with E-state index in [1.54, 1.807) is 12.1 Å². The highest BCUT2D eigenvalue weighted by Crippen LogP contribution is 2.25. The minimum Gasteiger partial charge on any atom is -0.508 e. The van der Waals surface area contributed by atoms with Gasteiger partial charge in [-0.2, -0.15) is 0 Å². The predicted octanol–water partition coefficient (Wildman–Crippen LogP) is 4.11. The predicted molar refractivity (Wildman–Crippen MR) is 70.6 cm³/mol. The van der Waals surface area contributed by atoms with Gasteiger partial charge >= 0.3 is 0 Å². The van der Waals surface area contributed by atoms with Crippen LogP contribution in [0.25, 0.3) is 10.8 Å². The number of aromatic hydroxyl groups is 1. The summed E-state index contributed by atoms with van der Waals surface area (Å²) in [7, 11) is 0. The summed E-state index contributed by atoms with van der Waals surface area (Å²) in [5.74, 6) is 1.15. The second kappa shape index (κ2) is 5.09. The Balaban J connectivity index is 2.24. The molecule has 90 valence electrons. The molecule has 0 aliphatic rings. The molecular formula is C15H18O2. The number of fused-ring (bicyclic) bond motifs is 1. The Morgan fingerprint density at radius 1 is 1.12 bits per heavy atom. The summed E-state index contributed by atoms with van der Waals surface area (Å²) in [6.45, 7) is 4.23. The van der Waals surface area contributed by atoms with Gasteiger partial charge in [0.25, 0.3) is 0 Å². The van der Waals surface area contributed by atoms with Crippen LogP contribution < -0.4 is 4.74 Å². The van der Waals surface area contributed by atoms with E-state index in [1.807, 2.05) is 24.3 Å². The fourth-order valence-corrected chi connectivity index (χ4v) is 1.98. The van der Waals surface area contributed by atoms with Crippen LogP contribution in [0.15, 0.2) is 36.4 Å². The van der Waals surface area contributed by atoms with Crippen LogP contribution >= 0.6 is 0 Å². The van der Waals surface area contributed by atoms with E-state index >= 15 is 0 Å². The molecule has 0 aromatic heterocycles. The third kappa shape index (κ3) is 2.90. The third-order valence-corrected chi connectivity index (χ3v) is 2.83. The number of hydrogen-bond donors (Lipinski definition) is 1. The van der Waals surface area contributed by atoms with Crippen molar-refractivity contribution < 1.29 is 9.84 Å². The van der Waals surface area contributed by atoms with Crippen molar-refractivity contribution in [1.29, 1.82) is 0 Å². The van der Waals surface area contributed by atoms with Gasteiger partial charge in [0.2, 0.25) is 0 Å². The summed E-state index contributed by atoms with van der Waals surface area (Å²) in [6, 6.07) is 11.3. The van der Waals surface area contributed by atoms with Gasteiger partial charge in [0.1, 0.15) is 11.5 Å².